The average molecular weight is 346 g/mol. The minimum Gasteiger partial charge on any atom is -0.493 e. The van der Waals surface area contributed by atoms with Crippen LogP contribution < -0.4 is 18.9 Å². The molecule has 0 unspecified atom stereocenters. The van der Waals surface area contributed by atoms with Gasteiger partial charge in [-0.05, 0) is 48.9 Å². The second kappa shape index (κ2) is 8.82. The zero-order chi connectivity index (χ0) is 18.2. The summed E-state index contributed by atoms with van der Waals surface area (Å²) in [6.07, 6.45) is 0. The van der Waals surface area contributed by atoms with Gasteiger partial charge in [-0.3, -0.25) is 0 Å². The van der Waals surface area contributed by atoms with Gasteiger partial charge in [0.25, 0.3) is 0 Å². The van der Waals surface area contributed by atoms with Gasteiger partial charge in [0.15, 0.2) is 11.5 Å². The van der Waals surface area contributed by atoms with Gasteiger partial charge in [0, 0.05) is 0 Å². The first-order valence-electron chi connectivity index (χ1n) is 7.81. The van der Waals surface area contributed by atoms with Crippen molar-refractivity contribution in [3.05, 3.63) is 47.5 Å². The molecule has 0 saturated carbocycles. The van der Waals surface area contributed by atoms with Crippen LogP contribution in [0.25, 0.3) is 0 Å². The maximum atomic E-state index is 11.6. The topological polar surface area (TPSA) is 63.2 Å². The zero-order valence-electron chi connectivity index (χ0n) is 14.8. The number of hydrogen-bond donors (Lipinski definition) is 0. The molecule has 0 atom stereocenters. The number of rotatable bonds is 8. The summed E-state index contributed by atoms with van der Waals surface area (Å²) in [6, 6.07) is 10.4. The van der Waals surface area contributed by atoms with E-state index in [9.17, 15) is 4.79 Å². The number of hydrogen-bond acceptors (Lipinski definition) is 6. The van der Waals surface area contributed by atoms with Crippen LogP contribution in [-0.2, 0) is 11.3 Å². The summed E-state index contributed by atoms with van der Waals surface area (Å²) in [6.45, 7) is 2.43. The van der Waals surface area contributed by atoms with E-state index in [2.05, 4.69) is 0 Å². The van der Waals surface area contributed by atoms with Crippen molar-refractivity contribution < 1.29 is 28.5 Å². The lowest BCUT2D eigenvalue weighted by molar-refractivity contribution is 0.0526. The summed E-state index contributed by atoms with van der Waals surface area (Å²) in [5.41, 5.74) is 1.35. The van der Waals surface area contributed by atoms with E-state index < -0.39 is 0 Å². The second-order valence-corrected chi connectivity index (χ2v) is 5.07. The van der Waals surface area contributed by atoms with Crippen LogP contribution >= 0.6 is 0 Å². The van der Waals surface area contributed by atoms with Crippen molar-refractivity contribution in [3.8, 4) is 23.0 Å². The van der Waals surface area contributed by atoms with Gasteiger partial charge < -0.3 is 23.7 Å². The van der Waals surface area contributed by atoms with Crippen LogP contribution in [-0.4, -0.2) is 33.9 Å². The lowest BCUT2D eigenvalue weighted by Gasteiger charge is -2.14. The lowest BCUT2D eigenvalue weighted by Crippen LogP contribution is -2.04. The quantitative estimate of drug-likeness (QED) is 0.682. The first kappa shape index (κ1) is 18.4. The minimum absolute atomic E-state index is 0.315. The van der Waals surface area contributed by atoms with Crippen molar-refractivity contribution in [2.24, 2.45) is 0 Å². The molecule has 0 heterocycles. The van der Waals surface area contributed by atoms with Crippen molar-refractivity contribution in [2.45, 2.75) is 13.5 Å². The number of carbonyl (C=O) groups is 1. The largest absolute Gasteiger partial charge is 0.493 e. The van der Waals surface area contributed by atoms with Crippen LogP contribution in [0.1, 0.15) is 22.8 Å². The average Bonchev–Trinajstić information content (AvgIpc) is 2.65. The van der Waals surface area contributed by atoms with Gasteiger partial charge in [-0.1, -0.05) is 0 Å². The number of methoxy groups -OCH3 is 3. The molecule has 6 nitrogen and oxygen atoms in total. The van der Waals surface area contributed by atoms with Crippen LogP contribution in [0.4, 0.5) is 0 Å². The number of ether oxygens (including phenoxy) is 5. The molecule has 0 radical (unpaired) electrons. The Morgan fingerprint density at radius 3 is 2.00 bits per heavy atom. The molecule has 2 aromatic rings. The summed E-state index contributed by atoms with van der Waals surface area (Å²) in [7, 11) is 4.69. The van der Waals surface area contributed by atoms with E-state index in [4.69, 9.17) is 23.7 Å². The first-order valence-corrected chi connectivity index (χ1v) is 7.81. The Labute approximate surface area is 147 Å². The van der Waals surface area contributed by atoms with Crippen LogP contribution in [0, 0.1) is 0 Å². The summed E-state index contributed by atoms with van der Waals surface area (Å²) < 4.78 is 26.7. The van der Waals surface area contributed by atoms with E-state index in [1.807, 2.05) is 12.1 Å². The van der Waals surface area contributed by atoms with Gasteiger partial charge in [-0.2, -0.15) is 0 Å². The fraction of sp³-hybridized carbons (Fsp3) is 0.316. The maximum absolute atomic E-state index is 11.6. The third kappa shape index (κ3) is 4.56. The van der Waals surface area contributed by atoms with E-state index in [0.717, 1.165) is 5.56 Å². The fourth-order valence-corrected chi connectivity index (χ4v) is 2.29. The van der Waals surface area contributed by atoms with E-state index in [-0.39, 0.29) is 5.97 Å². The van der Waals surface area contributed by atoms with Crippen LogP contribution in [0.15, 0.2) is 36.4 Å². The van der Waals surface area contributed by atoms with Crippen LogP contribution in [0.5, 0.6) is 23.0 Å². The molecule has 25 heavy (non-hydrogen) atoms. The molecular weight excluding hydrogens is 324 g/mol. The maximum Gasteiger partial charge on any atom is 0.338 e. The van der Waals surface area contributed by atoms with Gasteiger partial charge in [0.1, 0.15) is 12.4 Å². The monoisotopic (exact) mass is 346 g/mol. The highest BCUT2D eigenvalue weighted by atomic mass is 16.5. The third-order valence-electron chi connectivity index (χ3n) is 3.50. The Kier molecular flexibility index (Phi) is 6.51. The van der Waals surface area contributed by atoms with Crippen LogP contribution in [0.3, 0.4) is 0 Å². The molecule has 0 aliphatic heterocycles. The normalized spacial score (nSPS) is 10.1. The Hall–Kier alpha value is -2.89. The van der Waals surface area contributed by atoms with Gasteiger partial charge in [-0.15, -0.1) is 0 Å². The second-order valence-electron chi connectivity index (χ2n) is 5.07. The predicted octanol–water partition coefficient (Wildman–Crippen LogP) is 3.47. The van der Waals surface area contributed by atoms with Crippen molar-refractivity contribution in [2.75, 3.05) is 27.9 Å². The number of esters is 1. The van der Waals surface area contributed by atoms with Gasteiger partial charge >= 0.3 is 5.97 Å². The standard InChI is InChI=1S/C19H22O6/c1-5-24-19(20)14-6-8-15(9-7-14)25-12-13-10-16(21-2)18(23-4)17(11-13)22-3/h6-11H,5,12H2,1-4H3. The molecular formula is C19H22O6. The molecule has 134 valence electrons. The van der Waals surface area contributed by atoms with Gasteiger partial charge in [0.2, 0.25) is 5.75 Å². The highest BCUT2D eigenvalue weighted by molar-refractivity contribution is 5.89. The molecule has 0 fully saturated rings. The summed E-state index contributed by atoms with van der Waals surface area (Å²) >= 11 is 0. The Bertz CT molecular complexity index is 683. The zero-order valence-corrected chi connectivity index (χ0v) is 14.8. The minimum atomic E-state index is -0.348. The predicted molar refractivity (Wildman–Crippen MR) is 92.8 cm³/mol. The van der Waals surface area contributed by atoms with Crippen molar-refractivity contribution >= 4 is 5.97 Å². The SMILES string of the molecule is CCOC(=O)c1ccc(OCc2cc(OC)c(OC)c(OC)c2)cc1. The Balaban J connectivity index is 2.09. The number of carbonyl (C=O) groups excluding carboxylic acids is 1. The Morgan fingerprint density at radius 1 is 0.920 bits per heavy atom. The third-order valence-corrected chi connectivity index (χ3v) is 3.50. The van der Waals surface area contributed by atoms with Crippen molar-refractivity contribution in [3.63, 3.8) is 0 Å². The van der Waals surface area contributed by atoms with Gasteiger partial charge in [-0.25, -0.2) is 4.79 Å². The number of benzene rings is 2. The molecule has 2 rings (SSSR count). The van der Waals surface area contributed by atoms with Gasteiger partial charge in [0.05, 0.1) is 33.5 Å². The highest BCUT2D eigenvalue weighted by Gasteiger charge is 2.13. The molecule has 0 N–H and O–H groups in total. The summed E-state index contributed by atoms with van der Waals surface area (Å²) in [5, 5.41) is 0. The molecule has 0 aromatic heterocycles. The smallest absolute Gasteiger partial charge is 0.338 e. The van der Waals surface area contributed by atoms with E-state index >= 15 is 0 Å². The molecule has 0 bridgehead atoms. The van der Waals surface area contributed by atoms with Crippen LogP contribution in [0.2, 0.25) is 0 Å². The molecule has 2 aromatic carbocycles. The summed E-state index contributed by atoms with van der Waals surface area (Å²) in [5.74, 6) is 1.96. The van der Waals surface area contributed by atoms with E-state index in [1.165, 1.54) is 0 Å². The van der Waals surface area contributed by atoms with Crippen molar-refractivity contribution in [1.29, 1.82) is 0 Å². The Morgan fingerprint density at radius 2 is 1.52 bits per heavy atom. The summed E-state index contributed by atoms with van der Waals surface area (Å²) in [4.78, 5) is 11.6. The van der Waals surface area contributed by atoms with E-state index in [0.29, 0.717) is 41.8 Å². The molecule has 6 heteroatoms. The molecule has 0 amide bonds. The molecule has 0 saturated heterocycles. The van der Waals surface area contributed by atoms with E-state index in [1.54, 1.807) is 52.5 Å². The fourth-order valence-electron chi connectivity index (χ4n) is 2.29. The highest BCUT2D eigenvalue weighted by Crippen LogP contribution is 2.38. The lowest BCUT2D eigenvalue weighted by atomic mass is 10.2. The molecule has 0 aliphatic rings. The molecule has 0 spiro atoms. The molecule has 0 aliphatic carbocycles. The first-order chi connectivity index (χ1) is 12.1. The van der Waals surface area contributed by atoms with Crippen molar-refractivity contribution in [1.82, 2.24) is 0 Å².